The molecule has 0 spiro atoms. The topological polar surface area (TPSA) is 55.2 Å². The third-order valence-corrected chi connectivity index (χ3v) is 4.91. The van der Waals surface area contributed by atoms with Crippen molar-refractivity contribution in [1.82, 2.24) is 0 Å². The van der Waals surface area contributed by atoms with Crippen molar-refractivity contribution in [3.05, 3.63) is 33.9 Å². The summed E-state index contributed by atoms with van der Waals surface area (Å²) in [6, 6.07) is 5.41. The molecule has 0 amide bonds. The normalized spacial score (nSPS) is 23.0. The Morgan fingerprint density at radius 1 is 1.56 bits per heavy atom. The van der Waals surface area contributed by atoms with Crippen molar-refractivity contribution in [1.29, 1.82) is 0 Å². The van der Waals surface area contributed by atoms with Crippen LogP contribution < -0.4 is 5.32 Å². The van der Waals surface area contributed by atoms with Crippen LogP contribution in [-0.2, 0) is 0 Å². The SMILES string of the molecule is Cc1cccc(NCC2(C)CCCS2)c1[N+](=O)[O-]. The number of hydrogen-bond donors (Lipinski definition) is 1. The second-order valence-electron chi connectivity index (χ2n) is 4.98. The number of nitro groups is 1. The Morgan fingerprint density at radius 2 is 2.33 bits per heavy atom. The van der Waals surface area contributed by atoms with Crippen molar-refractivity contribution in [2.45, 2.75) is 31.4 Å². The molecule has 1 N–H and O–H groups in total. The van der Waals surface area contributed by atoms with E-state index < -0.39 is 0 Å². The van der Waals surface area contributed by atoms with Crippen molar-refractivity contribution in [3.8, 4) is 0 Å². The molecule has 98 valence electrons. The predicted octanol–water partition coefficient (Wildman–Crippen LogP) is 3.60. The van der Waals surface area contributed by atoms with Crippen LogP contribution in [0, 0.1) is 17.0 Å². The summed E-state index contributed by atoms with van der Waals surface area (Å²) in [4.78, 5) is 10.8. The minimum Gasteiger partial charge on any atom is -0.378 e. The molecule has 1 aliphatic rings. The molecule has 1 saturated heterocycles. The first-order valence-electron chi connectivity index (χ1n) is 6.14. The maximum atomic E-state index is 11.1. The zero-order chi connectivity index (χ0) is 13.2. The van der Waals surface area contributed by atoms with Crippen LogP contribution in [0.25, 0.3) is 0 Å². The molecule has 0 bridgehead atoms. The van der Waals surface area contributed by atoms with Gasteiger partial charge in [-0.1, -0.05) is 12.1 Å². The molecule has 18 heavy (non-hydrogen) atoms. The van der Waals surface area contributed by atoms with Crippen LogP contribution >= 0.6 is 11.8 Å². The molecule has 5 heteroatoms. The quantitative estimate of drug-likeness (QED) is 0.668. The highest BCUT2D eigenvalue weighted by atomic mass is 32.2. The fourth-order valence-corrected chi connectivity index (χ4v) is 3.55. The Kier molecular flexibility index (Phi) is 3.80. The maximum absolute atomic E-state index is 11.1. The van der Waals surface area contributed by atoms with Gasteiger partial charge < -0.3 is 5.32 Å². The zero-order valence-electron chi connectivity index (χ0n) is 10.7. The Bertz CT molecular complexity index is 456. The van der Waals surface area contributed by atoms with Crippen LogP contribution in [0.5, 0.6) is 0 Å². The molecule has 0 aromatic heterocycles. The molecule has 4 nitrogen and oxygen atoms in total. The Morgan fingerprint density at radius 3 is 2.94 bits per heavy atom. The number of nitro benzene ring substituents is 1. The van der Waals surface area contributed by atoms with Crippen molar-refractivity contribution >= 4 is 23.1 Å². The number of aryl methyl sites for hydroxylation is 1. The average Bonchev–Trinajstić information content (AvgIpc) is 2.73. The van der Waals surface area contributed by atoms with Gasteiger partial charge in [-0.2, -0.15) is 11.8 Å². The third-order valence-electron chi connectivity index (χ3n) is 3.37. The van der Waals surface area contributed by atoms with Gasteiger partial charge in [0, 0.05) is 16.9 Å². The van der Waals surface area contributed by atoms with Gasteiger partial charge in [0.05, 0.1) is 4.92 Å². The standard InChI is InChI=1S/C13H18N2O2S/c1-10-5-3-6-11(12(10)15(16)17)14-9-13(2)7-4-8-18-13/h3,5-6,14H,4,7-9H2,1-2H3. The number of anilines is 1. The summed E-state index contributed by atoms with van der Waals surface area (Å²) >= 11 is 1.95. The number of nitrogens with one attached hydrogen (secondary N) is 1. The molecule has 1 aromatic carbocycles. The molecule has 0 aliphatic carbocycles. The van der Waals surface area contributed by atoms with E-state index in [0.717, 1.165) is 6.54 Å². The van der Waals surface area contributed by atoms with Crippen molar-refractivity contribution in [2.24, 2.45) is 0 Å². The smallest absolute Gasteiger partial charge is 0.295 e. The van der Waals surface area contributed by atoms with Crippen molar-refractivity contribution < 1.29 is 4.92 Å². The summed E-state index contributed by atoms with van der Waals surface area (Å²) in [6.45, 7) is 4.77. The molecular formula is C13H18N2O2S. The first-order valence-corrected chi connectivity index (χ1v) is 7.12. The first-order chi connectivity index (χ1) is 8.52. The molecule has 1 aromatic rings. The van der Waals surface area contributed by atoms with Gasteiger partial charge in [0.25, 0.3) is 5.69 Å². The lowest BCUT2D eigenvalue weighted by atomic mass is 10.1. The Balaban J connectivity index is 2.14. The Hall–Kier alpha value is -1.23. The van der Waals surface area contributed by atoms with Crippen LogP contribution in [0.4, 0.5) is 11.4 Å². The minimum absolute atomic E-state index is 0.198. The van der Waals surface area contributed by atoms with E-state index in [4.69, 9.17) is 0 Å². The van der Waals surface area contributed by atoms with Crippen LogP contribution in [-0.4, -0.2) is 22.0 Å². The molecular weight excluding hydrogens is 248 g/mol. The molecule has 1 aliphatic heterocycles. The maximum Gasteiger partial charge on any atom is 0.295 e. The molecule has 0 saturated carbocycles. The van der Waals surface area contributed by atoms with E-state index in [1.807, 2.05) is 17.8 Å². The summed E-state index contributed by atoms with van der Waals surface area (Å²) in [6.07, 6.45) is 2.41. The monoisotopic (exact) mass is 266 g/mol. The van der Waals surface area contributed by atoms with Crippen LogP contribution in [0.3, 0.4) is 0 Å². The average molecular weight is 266 g/mol. The lowest BCUT2D eigenvalue weighted by molar-refractivity contribution is -0.384. The van der Waals surface area contributed by atoms with E-state index >= 15 is 0 Å². The lowest BCUT2D eigenvalue weighted by Crippen LogP contribution is -2.27. The van der Waals surface area contributed by atoms with E-state index in [2.05, 4.69) is 12.2 Å². The molecule has 1 fully saturated rings. The van der Waals surface area contributed by atoms with Gasteiger partial charge in [0.2, 0.25) is 0 Å². The van der Waals surface area contributed by atoms with Gasteiger partial charge >= 0.3 is 0 Å². The van der Waals surface area contributed by atoms with E-state index in [-0.39, 0.29) is 15.4 Å². The first kappa shape index (κ1) is 13.2. The zero-order valence-corrected chi connectivity index (χ0v) is 11.5. The summed E-state index contributed by atoms with van der Waals surface area (Å²) in [7, 11) is 0. The molecule has 1 atom stereocenters. The van der Waals surface area contributed by atoms with Crippen LogP contribution in [0.15, 0.2) is 18.2 Å². The lowest BCUT2D eigenvalue weighted by Gasteiger charge is -2.23. The largest absolute Gasteiger partial charge is 0.378 e. The van der Waals surface area contributed by atoms with Gasteiger partial charge in [-0.25, -0.2) is 0 Å². The van der Waals surface area contributed by atoms with Gasteiger partial charge in [-0.05, 0) is 38.5 Å². The number of thioether (sulfide) groups is 1. The highest BCUT2D eigenvalue weighted by Gasteiger charge is 2.30. The van der Waals surface area contributed by atoms with E-state index in [0.29, 0.717) is 11.3 Å². The third kappa shape index (κ3) is 2.77. The van der Waals surface area contributed by atoms with Crippen molar-refractivity contribution in [2.75, 3.05) is 17.6 Å². The fraction of sp³-hybridized carbons (Fsp3) is 0.538. The van der Waals surface area contributed by atoms with Crippen LogP contribution in [0.1, 0.15) is 25.3 Å². The van der Waals surface area contributed by atoms with Gasteiger partial charge in [-0.15, -0.1) is 0 Å². The summed E-state index contributed by atoms with van der Waals surface area (Å²) in [5.74, 6) is 1.19. The van der Waals surface area contributed by atoms with E-state index in [1.54, 1.807) is 19.1 Å². The number of benzene rings is 1. The minimum atomic E-state index is -0.304. The number of nitrogens with zero attached hydrogens (tertiary/aromatic N) is 1. The highest BCUT2D eigenvalue weighted by molar-refractivity contribution is 8.00. The number of hydrogen-bond acceptors (Lipinski definition) is 4. The fourth-order valence-electron chi connectivity index (χ4n) is 2.30. The number of rotatable bonds is 4. The second kappa shape index (κ2) is 5.18. The summed E-state index contributed by atoms with van der Waals surface area (Å²) in [5.41, 5.74) is 1.53. The van der Waals surface area contributed by atoms with E-state index in [1.165, 1.54) is 18.6 Å². The van der Waals surface area contributed by atoms with E-state index in [9.17, 15) is 10.1 Å². The number of para-hydroxylation sites is 1. The summed E-state index contributed by atoms with van der Waals surface area (Å²) < 4.78 is 0.206. The van der Waals surface area contributed by atoms with Gasteiger partial charge in [-0.3, -0.25) is 10.1 Å². The molecule has 0 radical (unpaired) electrons. The van der Waals surface area contributed by atoms with Gasteiger partial charge in [0.15, 0.2) is 0 Å². The second-order valence-corrected chi connectivity index (χ2v) is 6.67. The van der Waals surface area contributed by atoms with Crippen LogP contribution in [0.2, 0.25) is 0 Å². The highest BCUT2D eigenvalue weighted by Crippen LogP contribution is 2.38. The van der Waals surface area contributed by atoms with Crippen molar-refractivity contribution in [3.63, 3.8) is 0 Å². The molecule has 1 heterocycles. The summed E-state index contributed by atoms with van der Waals surface area (Å²) in [5, 5.41) is 14.3. The van der Waals surface area contributed by atoms with Gasteiger partial charge in [0.1, 0.15) is 5.69 Å². The Labute approximate surface area is 111 Å². The molecule has 1 unspecified atom stereocenters. The molecule has 2 rings (SSSR count). The predicted molar refractivity (Wildman–Crippen MR) is 76.4 cm³/mol.